The molecule has 2 amide bonds. The van der Waals surface area contributed by atoms with E-state index >= 15 is 0 Å². The first kappa shape index (κ1) is 26.8. The number of amides is 2. The maximum Gasteiger partial charge on any atom is 0.308 e. The maximum atomic E-state index is 12.7. The SMILES string of the molecule is CC(=O)Oc1ccc(C(=O)Nc2cccc(-c3nc4ccc(NC(=O)c5ccc(OC(C)=O)cc5)cc4o3)c2)cc1. The molecule has 0 aliphatic heterocycles. The highest BCUT2D eigenvalue weighted by molar-refractivity contribution is 6.05. The van der Waals surface area contributed by atoms with E-state index < -0.39 is 11.9 Å². The Labute approximate surface area is 233 Å². The number of nitrogens with one attached hydrogen (secondary N) is 2. The van der Waals surface area contributed by atoms with Gasteiger partial charge in [-0.05, 0) is 78.9 Å². The second-order valence-electron chi connectivity index (χ2n) is 8.93. The van der Waals surface area contributed by atoms with Gasteiger partial charge in [0.2, 0.25) is 5.89 Å². The third-order valence-corrected chi connectivity index (χ3v) is 5.77. The molecule has 2 N–H and O–H groups in total. The minimum Gasteiger partial charge on any atom is -0.436 e. The van der Waals surface area contributed by atoms with Crippen molar-refractivity contribution in [2.45, 2.75) is 13.8 Å². The van der Waals surface area contributed by atoms with E-state index in [0.717, 1.165) is 0 Å². The number of ether oxygens (including phenoxy) is 2. The van der Waals surface area contributed by atoms with E-state index in [2.05, 4.69) is 15.6 Å². The summed E-state index contributed by atoms with van der Waals surface area (Å²) in [7, 11) is 0. The molecule has 0 bridgehead atoms. The fourth-order valence-electron chi connectivity index (χ4n) is 3.94. The van der Waals surface area contributed by atoms with Gasteiger partial charge in [-0.25, -0.2) is 4.98 Å². The zero-order valence-electron chi connectivity index (χ0n) is 22.0. The molecule has 5 rings (SSSR count). The molecular weight excluding hydrogens is 526 g/mol. The van der Waals surface area contributed by atoms with Gasteiger partial charge in [-0.1, -0.05) is 6.07 Å². The Morgan fingerprint density at radius 1 is 0.659 bits per heavy atom. The molecule has 41 heavy (non-hydrogen) atoms. The number of hydrogen-bond acceptors (Lipinski definition) is 8. The maximum absolute atomic E-state index is 12.7. The lowest BCUT2D eigenvalue weighted by molar-refractivity contribution is -0.132. The van der Waals surface area contributed by atoms with E-state index in [4.69, 9.17) is 13.9 Å². The molecule has 204 valence electrons. The van der Waals surface area contributed by atoms with Gasteiger partial charge in [0.1, 0.15) is 17.0 Å². The number of carbonyl (C=O) groups excluding carboxylic acids is 4. The molecule has 1 aromatic heterocycles. The molecule has 0 spiro atoms. The largest absolute Gasteiger partial charge is 0.436 e. The van der Waals surface area contributed by atoms with Gasteiger partial charge in [-0.3, -0.25) is 19.2 Å². The Hall–Kier alpha value is -5.77. The molecule has 0 aliphatic carbocycles. The average Bonchev–Trinajstić information content (AvgIpc) is 3.37. The van der Waals surface area contributed by atoms with E-state index in [1.807, 2.05) is 0 Å². The van der Waals surface area contributed by atoms with Crippen molar-refractivity contribution in [2.75, 3.05) is 10.6 Å². The van der Waals surface area contributed by atoms with Crippen molar-refractivity contribution in [3.63, 3.8) is 0 Å². The number of carbonyl (C=O) groups is 4. The summed E-state index contributed by atoms with van der Waals surface area (Å²) in [5.74, 6) is -0.524. The van der Waals surface area contributed by atoms with Gasteiger partial charge in [0.05, 0.1) is 0 Å². The van der Waals surface area contributed by atoms with Gasteiger partial charge in [0.15, 0.2) is 5.58 Å². The summed E-state index contributed by atoms with van der Waals surface area (Å²) in [5, 5.41) is 5.65. The van der Waals surface area contributed by atoms with Crippen LogP contribution in [0, 0.1) is 0 Å². The standard InChI is InChI=1S/C31H23N3O7/c1-18(35)39-25-11-6-20(7-12-25)29(37)32-23-5-3-4-22(16-23)31-34-27-15-10-24(17-28(27)41-31)33-30(38)21-8-13-26(14-9-21)40-19(2)36/h3-17H,1-2H3,(H,32,37)(H,33,38). The fourth-order valence-corrected chi connectivity index (χ4v) is 3.94. The summed E-state index contributed by atoms with van der Waals surface area (Å²) in [6.07, 6.45) is 0. The van der Waals surface area contributed by atoms with Crippen molar-refractivity contribution in [1.82, 2.24) is 4.98 Å². The minimum absolute atomic E-state index is 0.338. The fraction of sp³-hybridized carbons (Fsp3) is 0.0645. The zero-order chi connectivity index (χ0) is 28.9. The van der Waals surface area contributed by atoms with Crippen molar-refractivity contribution in [3.05, 3.63) is 102 Å². The minimum atomic E-state index is -0.442. The predicted molar refractivity (Wildman–Crippen MR) is 151 cm³/mol. The topological polar surface area (TPSA) is 137 Å². The van der Waals surface area contributed by atoms with Gasteiger partial charge < -0.3 is 24.5 Å². The number of nitrogens with zero attached hydrogens (tertiary/aromatic N) is 1. The van der Waals surface area contributed by atoms with Crippen LogP contribution in [0.5, 0.6) is 11.5 Å². The molecule has 0 fully saturated rings. The van der Waals surface area contributed by atoms with Crippen LogP contribution in [0.3, 0.4) is 0 Å². The predicted octanol–water partition coefficient (Wildman–Crippen LogP) is 5.85. The van der Waals surface area contributed by atoms with Crippen molar-refractivity contribution in [3.8, 4) is 23.0 Å². The molecule has 0 atom stereocenters. The lowest BCUT2D eigenvalue weighted by Crippen LogP contribution is -2.12. The molecule has 10 heteroatoms. The molecule has 0 saturated carbocycles. The van der Waals surface area contributed by atoms with Crippen LogP contribution in [0.4, 0.5) is 11.4 Å². The highest BCUT2D eigenvalue weighted by atomic mass is 16.5. The smallest absolute Gasteiger partial charge is 0.308 e. The molecule has 1 heterocycles. The summed E-state index contributed by atoms with van der Waals surface area (Å²) >= 11 is 0. The number of rotatable bonds is 7. The zero-order valence-corrected chi connectivity index (χ0v) is 22.0. The van der Waals surface area contributed by atoms with Gasteiger partial charge in [-0.2, -0.15) is 0 Å². The van der Waals surface area contributed by atoms with Crippen LogP contribution in [0.1, 0.15) is 34.6 Å². The lowest BCUT2D eigenvalue weighted by Gasteiger charge is -2.07. The van der Waals surface area contributed by atoms with E-state index in [-0.39, 0.29) is 11.8 Å². The van der Waals surface area contributed by atoms with Crippen molar-refractivity contribution in [1.29, 1.82) is 0 Å². The third kappa shape index (κ3) is 6.63. The number of esters is 2. The average molecular weight is 550 g/mol. The number of aromatic nitrogens is 1. The molecule has 4 aromatic carbocycles. The van der Waals surface area contributed by atoms with Gasteiger partial charge in [-0.15, -0.1) is 0 Å². The van der Waals surface area contributed by atoms with Crippen LogP contribution >= 0.6 is 0 Å². The highest BCUT2D eigenvalue weighted by Crippen LogP contribution is 2.28. The number of hydrogen-bond donors (Lipinski definition) is 2. The van der Waals surface area contributed by atoms with Gasteiger partial charge in [0, 0.05) is 48.0 Å². The Kier molecular flexibility index (Phi) is 7.55. The first-order chi connectivity index (χ1) is 19.7. The van der Waals surface area contributed by atoms with Crippen LogP contribution in [-0.2, 0) is 9.59 Å². The van der Waals surface area contributed by atoms with E-state index in [9.17, 15) is 19.2 Å². The van der Waals surface area contributed by atoms with Crippen molar-refractivity contribution in [2.24, 2.45) is 0 Å². The Bertz CT molecular complexity index is 1770. The summed E-state index contributed by atoms with van der Waals surface area (Å²) in [4.78, 5) is 52.1. The molecular formula is C31H23N3O7. The second-order valence-corrected chi connectivity index (χ2v) is 8.93. The van der Waals surface area contributed by atoms with Crippen LogP contribution in [0.15, 0.2) is 95.4 Å². The summed E-state index contributed by atoms with van der Waals surface area (Å²) < 4.78 is 15.9. The number of anilines is 2. The molecule has 0 unspecified atom stereocenters. The first-order valence-corrected chi connectivity index (χ1v) is 12.4. The summed E-state index contributed by atoms with van der Waals surface area (Å²) in [6.45, 7) is 2.61. The monoisotopic (exact) mass is 549 g/mol. The molecule has 0 saturated heterocycles. The van der Waals surface area contributed by atoms with E-state index in [0.29, 0.717) is 56.6 Å². The van der Waals surface area contributed by atoms with Crippen LogP contribution in [0.25, 0.3) is 22.6 Å². The number of oxazole rings is 1. The lowest BCUT2D eigenvalue weighted by atomic mass is 10.1. The third-order valence-electron chi connectivity index (χ3n) is 5.77. The van der Waals surface area contributed by atoms with Crippen LogP contribution in [-0.4, -0.2) is 28.7 Å². The summed E-state index contributed by atoms with van der Waals surface area (Å²) in [5.41, 5.74) is 3.52. The van der Waals surface area contributed by atoms with Crippen LogP contribution in [0.2, 0.25) is 0 Å². The molecule has 0 radical (unpaired) electrons. The summed E-state index contributed by atoms with van der Waals surface area (Å²) in [6, 6.07) is 24.6. The highest BCUT2D eigenvalue weighted by Gasteiger charge is 2.13. The van der Waals surface area contributed by atoms with Crippen molar-refractivity contribution < 1.29 is 33.1 Å². The number of fused-ring (bicyclic) bond motifs is 1. The quantitative estimate of drug-likeness (QED) is 0.191. The van der Waals surface area contributed by atoms with E-state index in [1.54, 1.807) is 91.0 Å². The Morgan fingerprint density at radius 3 is 1.73 bits per heavy atom. The Balaban J connectivity index is 1.28. The second kappa shape index (κ2) is 11.5. The first-order valence-electron chi connectivity index (χ1n) is 12.4. The number of benzene rings is 4. The van der Waals surface area contributed by atoms with Gasteiger partial charge >= 0.3 is 11.9 Å². The normalized spacial score (nSPS) is 10.6. The molecule has 5 aromatic rings. The Morgan fingerprint density at radius 2 is 1.20 bits per heavy atom. The van der Waals surface area contributed by atoms with Gasteiger partial charge in [0.25, 0.3) is 11.8 Å². The molecule has 0 aliphatic rings. The van der Waals surface area contributed by atoms with E-state index in [1.165, 1.54) is 13.8 Å². The van der Waals surface area contributed by atoms with Crippen LogP contribution < -0.4 is 20.1 Å². The molecule has 10 nitrogen and oxygen atoms in total. The van der Waals surface area contributed by atoms with Crippen molar-refractivity contribution >= 4 is 46.2 Å².